The van der Waals surface area contributed by atoms with E-state index in [1.165, 1.54) is 12.3 Å². The van der Waals surface area contributed by atoms with Crippen molar-refractivity contribution >= 4 is 44.9 Å². The van der Waals surface area contributed by atoms with Crippen LogP contribution in [-0.2, 0) is 0 Å². The van der Waals surface area contributed by atoms with Crippen molar-refractivity contribution < 1.29 is 17.9 Å². The topological polar surface area (TPSA) is 83.0 Å². The van der Waals surface area contributed by atoms with Crippen molar-refractivity contribution in [1.29, 1.82) is 0 Å². The predicted molar refractivity (Wildman–Crippen MR) is 115 cm³/mol. The van der Waals surface area contributed by atoms with Crippen LogP contribution in [0, 0.1) is 0 Å². The molecule has 5 rings (SSSR count). The molecule has 0 atom stereocenters. The molecule has 0 amide bonds. The number of aromatic nitrogens is 4. The van der Waals surface area contributed by atoms with Gasteiger partial charge in [0.05, 0.1) is 15.4 Å². The summed E-state index contributed by atoms with van der Waals surface area (Å²) in [4.78, 5) is 21.3. The molecule has 2 aromatic carbocycles. The highest BCUT2D eigenvalue weighted by atomic mass is 35.5. The van der Waals surface area contributed by atoms with Crippen LogP contribution in [0.25, 0.3) is 39.1 Å². The Kier molecular flexibility index (Phi) is 4.99. The van der Waals surface area contributed by atoms with Crippen molar-refractivity contribution in [2.45, 2.75) is 6.61 Å². The maximum Gasteiger partial charge on any atom is 0.388 e. The number of hydrogen-bond acceptors (Lipinski definition) is 6. The lowest BCUT2D eigenvalue weighted by Crippen LogP contribution is -2.08. The molecular weight excluding hydrogens is 465 g/mol. The summed E-state index contributed by atoms with van der Waals surface area (Å²) in [5.41, 5.74) is -0.508. The molecular formula is C21H10Cl2F2N4O3. The van der Waals surface area contributed by atoms with Crippen LogP contribution < -0.4 is 10.4 Å². The first kappa shape index (κ1) is 20.3. The Labute approximate surface area is 187 Å². The van der Waals surface area contributed by atoms with E-state index in [4.69, 9.17) is 27.6 Å². The SMILES string of the molecule is O=c1oc(-c2cc(OC(F)F)nn2-c2ncccc2Cl)nc2c(Cl)c3ccccc3cc12. The largest absolute Gasteiger partial charge is 0.415 e. The first-order chi connectivity index (χ1) is 15.4. The highest BCUT2D eigenvalue weighted by molar-refractivity contribution is 6.40. The van der Waals surface area contributed by atoms with Crippen molar-refractivity contribution in [3.05, 3.63) is 75.2 Å². The van der Waals surface area contributed by atoms with E-state index in [1.807, 2.05) is 6.07 Å². The third-order valence-corrected chi connectivity index (χ3v) is 5.32. The molecule has 0 saturated heterocycles. The molecule has 0 spiro atoms. The monoisotopic (exact) mass is 474 g/mol. The van der Waals surface area contributed by atoms with Crippen LogP contribution in [0.2, 0.25) is 10.0 Å². The van der Waals surface area contributed by atoms with Gasteiger partial charge in [-0.2, -0.15) is 8.78 Å². The summed E-state index contributed by atoms with van der Waals surface area (Å²) >= 11 is 12.7. The van der Waals surface area contributed by atoms with Crippen LogP contribution in [0.1, 0.15) is 0 Å². The summed E-state index contributed by atoms with van der Waals surface area (Å²) in [5.74, 6) is -0.564. The molecule has 0 aliphatic heterocycles. The highest BCUT2D eigenvalue weighted by Gasteiger charge is 2.22. The molecule has 0 unspecified atom stereocenters. The Hall–Kier alpha value is -3.56. The van der Waals surface area contributed by atoms with Crippen LogP contribution >= 0.6 is 23.2 Å². The molecule has 3 heterocycles. The minimum absolute atomic E-state index is 0.0180. The Bertz CT molecular complexity index is 1550. The Balaban J connectivity index is 1.79. The van der Waals surface area contributed by atoms with Gasteiger partial charge in [-0.1, -0.05) is 47.5 Å². The summed E-state index contributed by atoms with van der Waals surface area (Å²) in [7, 11) is 0. The number of pyridine rings is 1. The van der Waals surface area contributed by atoms with E-state index < -0.39 is 18.1 Å². The third kappa shape index (κ3) is 3.45. The van der Waals surface area contributed by atoms with E-state index in [0.717, 1.165) is 16.1 Å². The number of hydrogen-bond donors (Lipinski definition) is 0. The zero-order valence-corrected chi connectivity index (χ0v) is 17.3. The number of halogens is 4. The van der Waals surface area contributed by atoms with Crippen molar-refractivity contribution in [2.24, 2.45) is 0 Å². The molecule has 0 aliphatic rings. The second-order valence-electron chi connectivity index (χ2n) is 6.58. The van der Waals surface area contributed by atoms with Crippen LogP contribution in [0.4, 0.5) is 8.78 Å². The van der Waals surface area contributed by atoms with Crippen molar-refractivity contribution in [3.8, 4) is 23.3 Å². The summed E-state index contributed by atoms with van der Waals surface area (Å²) < 4.78 is 36.5. The number of fused-ring (bicyclic) bond motifs is 2. The van der Waals surface area contributed by atoms with Crippen LogP contribution in [-0.4, -0.2) is 26.4 Å². The zero-order chi connectivity index (χ0) is 22.4. The van der Waals surface area contributed by atoms with Crippen molar-refractivity contribution in [2.75, 3.05) is 0 Å². The molecule has 0 radical (unpaired) electrons. The lowest BCUT2D eigenvalue weighted by atomic mass is 10.1. The fraction of sp³-hybridized carbons (Fsp3) is 0.0476. The summed E-state index contributed by atoms with van der Waals surface area (Å²) in [6.07, 6.45) is 1.44. The fourth-order valence-corrected chi connectivity index (χ4v) is 3.81. The van der Waals surface area contributed by atoms with Crippen LogP contribution in [0.5, 0.6) is 5.88 Å². The average Bonchev–Trinajstić information content (AvgIpc) is 3.17. The average molecular weight is 475 g/mol. The maximum absolute atomic E-state index is 12.8. The van der Waals surface area contributed by atoms with Gasteiger partial charge in [-0.05, 0) is 23.6 Å². The fourth-order valence-electron chi connectivity index (χ4n) is 3.29. The number of rotatable bonds is 4. The smallest absolute Gasteiger partial charge is 0.388 e. The zero-order valence-electron chi connectivity index (χ0n) is 15.8. The molecule has 0 bridgehead atoms. The van der Waals surface area contributed by atoms with Crippen LogP contribution in [0.3, 0.4) is 0 Å². The first-order valence-corrected chi connectivity index (χ1v) is 9.86. The van der Waals surface area contributed by atoms with Gasteiger partial charge in [0.15, 0.2) is 5.82 Å². The highest BCUT2D eigenvalue weighted by Crippen LogP contribution is 2.33. The summed E-state index contributed by atoms with van der Waals surface area (Å²) in [6, 6.07) is 13.1. The van der Waals surface area contributed by atoms with Gasteiger partial charge in [0, 0.05) is 17.6 Å². The van der Waals surface area contributed by atoms with Gasteiger partial charge in [0.25, 0.3) is 0 Å². The van der Waals surface area contributed by atoms with Gasteiger partial charge in [0.1, 0.15) is 11.2 Å². The quantitative estimate of drug-likeness (QED) is 0.320. The van der Waals surface area contributed by atoms with E-state index in [9.17, 15) is 13.6 Å². The normalized spacial score (nSPS) is 11.5. The Morgan fingerprint density at radius 1 is 1.06 bits per heavy atom. The number of nitrogens with zero attached hydrogens (tertiary/aromatic N) is 4. The number of alkyl halides is 2. The number of benzene rings is 2. The molecule has 0 fully saturated rings. The third-order valence-electron chi connectivity index (χ3n) is 4.64. The van der Waals surface area contributed by atoms with Crippen LogP contribution in [0.15, 0.2) is 63.9 Å². The Morgan fingerprint density at radius 3 is 2.66 bits per heavy atom. The molecule has 0 N–H and O–H groups in total. The molecule has 11 heteroatoms. The number of ether oxygens (including phenoxy) is 1. The second-order valence-corrected chi connectivity index (χ2v) is 7.37. The van der Waals surface area contributed by atoms with E-state index >= 15 is 0 Å². The predicted octanol–water partition coefficient (Wildman–Crippen LogP) is 5.50. The lowest BCUT2D eigenvalue weighted by molar-refractivity contribution is -0.0530. The Morgan fingerprint density at radius 2 is 1.88 bits per heavy atom. The van der Waals surface area contributed by atoms with Gasteiger partial charge in [-0.3, -0.25) is 0 Å². The van der Waals surface area contributed by atoms with Gasteiger partial charge in [-0.15, -0.1) is 5.10 Å². The van der Waals surface area contributed by atoms with E-state index in [2.05, 4.69) is 19.8 Å². The van der Waals surface area contributed by atoms with Crippen molar-refractivity contribution in [1.82, 2.24) is 19.7 Å². The minimum atomic E-state index is -3.12. The van der Waals surface area contributed by atoms with E-state index in [-0.39, 0.29) is 38.4 Å². The molecule has 160 valence electrons. The van der Waals surface area contributed by atoms with Gasteiger partial charge in [0.2, 0.25) is 11.8 Å². The first-order valence-electron chi connectivity index (χ1n) is 9.10. The molecule has 3 aromatic heterocycles. The molecule has 0 aliphatic carbocycles. The molecule has 0 saturated carbocycles. The van der Waals surface area contributed by atoms with Gasteiger partial charge in [-0.25, -0.2) is 19.4 Å². The lowest BCUT2D eigenvalue weighted by Gasteiger charge is -2.08. The second kappa shape index (κ2) is 7.85. The van der Waals surface area contributed by atoms with Gasteiger partial charge < -0.3 is 9.15 Å². The molecule has 5 aromatic rings. The summed E-state index contributed by atoms with van der Waals surface area (Å²) in [6.45, 7) is -3.12. The maximum atomic E-state index is 12.8. The van der Waals surface area contributed by atoms with E-state index in [1.54, 1.807) is 30.3 Å². The molecule has 7 nitrogen and oxygen atoms in total. The van der Waals surface area contributed by atoms with E-state index in [0.29, 0.717) is 5.39 Å². The van der Waals surface area contributed by atoms with Gasteiger partial charge >= 0.3 is 12.2 Å². The minimum Gasteiger partial charge on any atom is -0.415 e. The standard InChI is InChI=1S/C21H10Cl2F2N4O3/c22-13-6-3-7-26-18(13)29-14(9-15(28-29)31-21(24)25)19-27-17-12(20(30)32-19)8-10-4-1-2-5-11(10)16(17)23/h1-9,21H. The molecule has 32 heavy (non-hydrogen) atoms. The summed E-state index contributed by atoms with van der Waals surface area (Å²) in [5, 5.41) is 5.99. The van der Waals surface area contributed by atoms with Crippen molar-refractivity contribution in [3.63, 3.8) is 0 Å².